The second-order valence-corrected chi connectivity index (χ2v) is 7.26. The molecule has 8 nitrogen and oxygen atoms in total. The molecule has 3 amide bonds. The smallest absolute Gasteiger partial charge is 0.317 e. The molecule has 26 heavy (non-hydrogen) atoms. The molecule has 0 radical (unpaired) electrons. The summed E-state index contributed by atoms with van der Waals surface area (Å²) in [7, 11) is 0. The Morgan fingerprint density at radius 3 is 2.77 bits per heavy atom. The van der Waals surface area contributed by atoms with E-state index in [1.165, 1.54) is 0 Å². The van der Waals surface area contributed by atoms with Crippen molar-refractivity contribution in [3.63, 3.8) is 0 Å². The molecule has 1 N–H and O–H groups in total. The van der Waals surface area contributed by atoms with Gasteiger partial charge in [0.2, 0.25) is 11.8 Å². The summed E-state index contributed by atoms with van der Waals surface area (Å²) in [5.74, 6) is 0.702. The van der Waals surface area contributed by atoms with Crippen molar-refractivity contribution in [1.82, 2.24) is 25.1 Å². The third-order valence-corrected chi connectivity index (χ3v) is 5.59. The predicted molar refractivity (Wildman–Crippen MR) is 93.5 cm³/mol. The number of hydrogen-bond donors (Lipinski definition) is 1. The molecule has 0 aromatic carbocycles. The molecule has 4 heterocycles. The van der Waals surface area contributed by atoms with Crippen molar-refractivity contribution in [2.75, 3.05) is 19.6 Å². The highest BCUT2D eigenvalue weighted by Crippen LogP contribution is 2.28. The van der Waals surface area contributed by atoms with E-state index in [0.717, 1.165) is 38.6 Å². The number of ether oxygens (including phenoxy) is 1. The van der Waals surface area contributed by atoms with Crippen LogP contribution in [0.2, 0.25) is 0 Å². The van der Waals surface area contributed by atoms with Gasteiger partial charge in [0, 0.05) is 51.3 Å². The number of fused-ring (bicyclic) bond motifs is 1. The van der Waals surface area contributed by atoms with Crippen molar-refractivity contribution >= 4 is 11.9 Å². The number of amides is 3. The van der Waals surface area contributed by atoms with Gasteiger partial charge in [0.15, 0.2) is 0 Å². The third kappa shape index (κ3) is 3.59. The summed E-state index contributed by atoms with van der Waals surface area (Å²) in [6.45, 7) is 2.12. The average Bonchev–Trinajstić information content (AvgIpc) is 2.99. The van der Waals surface area contributed by atoms with Crippen LogP contribution in [-0.4, -0.2) is 69.5 Å². The lowest BCUT2D eigenvalue weighted by Crippen LogP contribution is -2.53. The summed E-state index contributed by atoms with van der Waals surface area (Å²) < 4.78 is 5.82. The van der Waals surface area contributed by atoms with Crippen molar-refractivity contribution in [1.29, 1.82) is 0 Å². The van der Waals surface area contributed by atoms with Gasteiger partial charge in [0.1, 0.15) is 6.10 Å². The maximum Gasteiger partial charge on any atom is 0.317 e. The second kappa shape index (κ2) is 7.47. The van der Waals surface area contributed by atoms with E-state index in [1.807, 2.05) is 9.80 Å². The van der Waals surface area contributed by atoms with E-state index >= 15 is 0 Å². The quantitative estimate of drug-likeness (QED) is 0.876. The van der Waals surface area contributed by atoms with Gasteiger partial charge in [-0.05, 0) is 19.3 Å². The van der Waals surface area contributed by atoms with E-state index in [4.69, 9.17) is 4.74 Å². The van der Waals surface area contributed by atoms with Crippen LogP contribution in [-0.2, 0) is 4.79 Å². The highest BCUT2D eigenvalue weighted by Gasteiger charge is 2.42. The van der Waals surface area contributed by atoms with E-state index in [9.17, 15) is 9.59 Å². The molecular formula is C18H25N5O3. The Labute approximate surface area is 152 Å². The Bertz CT molecular complexity index is 647. The Morgan fingerprint density at radius 2 is 2.00 bits per heavy atom. The first-order chi connectivity index (χ1) is 12.7. The van der Waals surface area contributed by atoms with Crippen LogP contribution >= 0.6 is 0 Å². The third-order valence-electron chi connectivity index (χ3n) is 5.59. The Morgan fingerprint density at radius 1 is 1.15 bits per heavy atom. The number of nitrogens with zero attached hydrogens (tertiary/aromatic N) is 4. The summed E-state index contributed by atoms with van der Waals surface area (Å²) in [5.41, 5.74) is 0. The van der Waals surface area contributed by atoms with Crippen molar-refractivity contribution in [3.05, 3.63) is 18.6 Å². The number of hydrogen-bond acceptors (Lipinski definition) is 5. The molecule has 3 aliphatic heterocycles. The first-order valence-electron chi connectivity index (χ1n) is 9.48. The van der Waals surface area contributed by atoms with Crippen LogP contribution in [0.3, 0.4) is 0 Å². The van der Waals surface area contributed by atoms with E-state index in [-0.39, 0.29) is 30.1 Å². The highest BCUT2D eigenvalue weighted by atomic mass is 16.5. The average molecular weight is 359 g/mol. The van der Waals surface area contributed by atoms with Gasteiger partial charge in [-0.25, -0.2) is 9.78 Å². The van der Waals surface area contributed by atoms with Crippen LogP contribution in [0.5, 0.6) is 5.88 Å². The zero-order valence-corrected chi connectivity index (χ0v) is 14.8. The fourth-order valence-electron chi connectivity index (χ4n) is 4.22. The maximum atomic E-state index is 12.6. The minimum atomic E-state index is -0.0619. The molecule has 0 saturated carbocycles. The minimum Gasteiger partial charge on any atom is -0.473 e. The minimum absolute atomic E-state index is 0.0520. The Balaban J connectivity index is 1.27. The van der Waals surface area contributed by atoms with Crippen molar-refractivity contribution in [2.45, 2.75) is 56.7 Å². The summed E-state index contributed by atoms with van der Waals surface area (Å²) in [6.07, 6.45) is 10.0. The van der Waals surface area contributed by atoms with Gasteiger partial charge in [-0.2, -0.15) is 0 Å². The second-order valence-electron chi connectivity index (χ2n) is 7.26. The van der Waals surface area contributed by atoms with E-state index in [2.05, 4.69) is 15.3 Å². The number of nitrogens with one attached hydrogen (secondary N) is 1. The molecule has 2 atom stereocenters. The molecule has 3 aliphatic rings. The maximum absolute atomic E-state index is 12.6. The van der Waals surface area contributed by atoms with Crippen LogP contribution in [0, 0.1) is 0 Å². The molecule has 0 bridgehead atoms. The molecular weight excluding hydrogens is 334 g/mol. The SMILES string of the molecule is O=C(NC1CC(=O)N2CCCCC12)N1CCC(Oc2cnccn2)CC1. The van der Waals surface area contributed by atoms with Gasteiger partial charge in [0.25, 0.3) is 0 Å². The monoisotopic (exact) mass is 359 g/mol. The van der Waals surface area contributed by atoms with Gasteiger partial charge in [-0.3, -0.25) is 9.78 Å². The molecule has 0 spiro atoms. The van der Waals surface area contributed by atoms with Crippen molar-refractivity contribution < 1.29 is 14.3 Å². The number of carbonyl (C=O) groups is 2. The van der Waals surface area contributed by atoms with Crippen molar-refractivity contribution in [2.24, 2.45) is 0 Å². The first-order valence-corrected chi connectivity index (χ1v) is 9.48. The zero-order chi connectivity index (χ0) is 17.9. The van der Waals surface area contributed by atoms with Crippen LogP contribution in [0.1, 0.15) is 38.5 Å². The van der Waals surface area contributed by atoms with Crippen LogP contribution in [0.15, 0.2) is 18.6 Å². The van der Waals surface area contributed by atoms with Crippen LogP contribution in [0.4, 0.5) is 4.79 Å². The summed E-state index contributed by atoms with van der Waals surface area (Å²) in [4.78, 5) is 36.7. The number of urea groups is 1. The predicted octanol–water partition coefficient (Wildman–Crippen LogP) is 1.18. The van der Waals surface area contributed by atoms with Gasteiger partial charge >= 0.3 is 6.03 Å². The van der Waals surface area contributed by atoms with Gasteiger partial charge in [-0.15, -0.1) is 0 Å². The molecule has 3 fully saturated rings. The Hall–Kier alpha value is -2.38. The van der Waals surface area contributed by atoms with E-state index in [1.54, 1.807) is 18.6 Å². The first kappa shape index (κ1) is 17.1. The fourth-order valence-corrected chi connectivity index (χ4v) is 4.22. The van der Waals surface area contributed by atoms with E-state index in [0.29, 0.717) is 25.4 Å². The van der Waals surface area contributed by atoms with E-state index < -0.39 is 0 Å². The lowest BCUT2D eigenvalue weighted by atomic mass is 9.99. The fraction of sp³-hybridized carbons (Fsp3) is 0.667. The molecule has 4 rings (SSSR count). The number of carbonyl (C=O) groups excluding carboxylic acids is 2. The molecule has 3 saturated heterocycles. The molecule has 140 valence electrons. The largest absolute Gasteiger partial charge is 0.473 e. The van der Waals surface area contributed by atoms with Gasteiger partial charge in [0.05, 0.1) is 18.3 Å². The van der Waals surface area contributed by atoms with Crippen LogP contribution in [0.25, 0.3) is 0 Å². The normalized spacial score (nSPS) is 26.5. The van der Waals surface area contributed by atoms with Crippen molar-refractivity contribution in [3.8, 4) is 5.88 Å². The molecule has 1 aromatic heterocycles. The van der Waals surface area contributed by atoms with Crippen LogP contribution < -0.4 is 10.1 Å². The molecule has 2 unspecified atom stereocenters. The highest BCUT2D eigenvalue weighted by molar-refractivity contribution is 5.82. The summed E-state index contributed by atoms with van der Waals surface area (Å²) >= 11 is 0. The Kier molecular flexibility index (Phi) is 4.90. The molecule has 1 aromatic rings. The number of likely N-dealkylation sites (tertiary alicyclic amines) is 1. The number of piperidine rings is 2. The molecule has 0 aliphatic carbocycles. The zero-order valence-electron chi connectivity index (χ0n) is 14.8. The lowest BCUT2D eigenvalue weighted by Gasteiger charge is -2.35. The van der Waals surface area contributed by atoms with Gasteiger partial charge in [-0.1, -0.05) is 0 Å². The topological polar surface area (TPSA) is 87.7 Å². The lowest BCUT2D eigenvalue weighted by molar-refractivity contribution is -0.129. The standard InChI is InChI=1S/C18H25N5O3/c24-17-11-14(15-3-1-2-8-23(15)17)21-18(25)22-9-4-13(5-10-22)26-16-12-19-6-7-20-16/h6-7,12-15H,1-5,8-11H2,(H,21,25). The number of aromatic nitrogens is 2. The summed E-state index contributed by atoms with van der Waals surface area (Å²) in [5, 5.41) is 3.10. The molecule has 8 heteroatoms. The summed E-state index contributed by atoms with van der Waals surface area (Å²) in [6, 6.07) is 0.0646. The number of rotatable bonds is 3. The van der Waals surface area contributed by atoms with Gasteiger partial charge < -0.3 is 19.9 Å².